The fraction of sp³-hybridized carbons (Fsp3) is 0.714. The number of carbonyl (C=O) groups is 3. The summed E-state index contributed by atoms with van der Waals surface area (Å²) >= 11 is 0. The van der Waals surface area contributed by atoms with Gasteiger partial charge in [0, 0.05) is 6.54 Å². The normalized spacial score (nSPS) is 12.8. The molecule has 0 aliphatic carbocycles. The highest BCUT2D eigenvalue weighted by molar-refractivity contribution is 5.75. The number of aliphatic imine (C=N–C) groups is 1. The molecule has 0 fully saturated rings. The molecule has 3 unspecified atom stereocenters. The number of carboxylic acid groups (broad SMARTS) is 3. The number of aliphatic carboxylic acids is 3. The molecule has 160 valence electrons. The summed E-state index contributed by atoms with van der Waals surface area (Å²) in [6.45, 7) is 2.34. The van der Waals surface area contributed by atoms with Crippen molar-refractivity contribution in [2.45, 2.75) is 50.7 Å². The van der Waals surface area contributed by atoms with Crippen LogP contribution in [0.4, 0.5) is 0 Å². The lowest BCUT2D eigenvalue weighted by Crippen LogP contribution is -2.30. The predicted molar refractivity (Wildman–Crippen MR) is 101 cm³/mol. The van der Waals surface area contributed by atoms with Crippen molar-refractivity contribution in [2.24, 2.45) is 39.4 Å². The van der Waals surface area contributed by atoms with E-state index in [4.69, 9.17) is 49.7 Å². The van der Waals surface area contributed by atoms with E-state index in [0.717, 1.165) is 0 Å². The van der Waals surface area contributed by atoms with Crippen LogP contribution in [0.5, 0.6) is 0 Å². The van der Waals surface area contributed by atoms with E-state index in [2.05, 4.69) is 4.99 Å². The van der Waals surface area contributed by atoms with E-state index < -0.39 is 36.0 Å². The first kappa shape index (κ1) is 29.3. The van der Waals surface area contributed by atoms with Crippen molar-refractivity contribution in [3.8, 4) is 0 Å². The van der Waals surface area contributed by atoms with Gasteiger partial charge in [-0.1, -0.05) is 0 Å². The van der Waals surface area contributed by atoms with Gasteiger partial charge < -0.3 is 49.7 Å². The first-order chi connectivity index (χ1) is 12.4. The lowest BCUT2D eigenvalue weighted by molar-refractivity contribution is -0.139. The van der Waals surface area contributed by atoms with Crippen molar-refractivity contribution in [2.75, 3.05) is 13.1 Å². The van der Waals surface area contributed by atoms with E-state index in [0.29, 0.717) is 38.8 Å². The molecule has 0 spiro atoms. The molecule has 13 heteroatoms. The van der Waals surface area contributed by atoms with Gasteiger partial charge in [-0.25, -0.2) is 0 Å². The van der Waals surface area contributed by atoms with Crippen molar-refractivity contribution in [3.63, 3.8) is 0 Å². The van der Waals surface area contributed by atoms with Crippen molar-refractivity contribution in [1.29, 1.82) is 0 Å². The Morgan fingerprint density at radius 2 is 1.22 bits per heavy atom. The third-order valence-corrected chi connectivity index (χ3v) is 2.71. The summed E-state index contributed by atoms with van der Waals surface area (Å²) in [5, 5.41) is 24.5. The molecule has 0 amide bonds. The summed E-state index contributed by atoms with van der Waals surface area (Å²) in [7, 11) is 0. The van der Waals surface area contributed by atoms with Gasteiger partial charge in [0.2, 0.25) is 0 Å². The lowest BCUT2D eigenvalue weighted by Gasteiger charge is -2.03. The van der Waals surface area contributed by atoms with Crippen LogP contribution in [0, 0.1) is 0 Å². The maximum atomic E-state index is 10.2. The molecule has 0 radical (unpaired) electrons. The number of nitrogens with two attached hydrogens (primary N) is 6. The van der Waals surface area contributed by atoms with Crippen LogP contribution >= 0.6 is 0 Å². The van der Waals surface area contributed by atoms with Crippen LogP contribution < -0.4 is 34.4 Å². The van der Waals surface area contributed by atoms with Crippen LogP contribution in [0.3, 0.4) is 0 Å². The van der Waals surface area contributed by atoms with Gasteiger partial charge in [0.05, 0.1) is 0 Å². The zero-order chi connectivity index (χ0) is 22.0. The third-order valence-electron chi connectivity index (χ3n) is 2.71. The number of guanidine groups is 1. The maximum absolute atomic E-state index is 10.2. The average molecular weight is 395 g/mol. The monoisotopic (exact) mass is 395 g/mol. The first-order valence-electron chi connectivity index (χ1n) is 8.07. The van der Waals surface area contributed by atoms with E-state index in [-0.39, 0.29) is 5.96 Å². The van der Waals surface area contributed by atoms with E-state index in [1.54, 1.807) is 0 Å². The number of rotatable bonds is 10. The zero-order valence-electron chi connectivity index (χ0n) is 15.5. The quantitative estimate of drug-likeness (QED) is 0.102. The molecule has 0 aromatic carbocycles. The Labute approximate surface area is 157 Å². The highest BCUT2D eigenvalue weighted by atomic mass is 16.4. The van der Waals surface area contributed by atoms with Gasteiger partial charge in [-0.3, -0.25) is 19.4 Å². The van der Waals surface area contributed by atoms with Crippen molar-refractivity contribution in [3.05, 3.63) is 0 Å². The molecule has 0 aliphatic heterocycles. The van der Waals surface area contributed by atoms with Crippen molar-refractivity contribution < 1.29 is 29.7 Å². The van der Waals surface area contributed by atoms with Crippen LogP contribution in [-0.2, 0) is 14.4 Å². The molecule has 0 rings (SSSR count). The molecular formula is C14H33N7O6. The van der Waals surface area contributed by atoms with Gasteiger partial charge in [-0.15, -0.1) is 0 Å². The molecule has 3 atom stereocenters. The molecule has 0 aromatic heterocycles. The molecule has 0 aliphatic rings. The number of hydrogen-bond donors (Lipinski definition) is 9. The van der Waals surface area contributed by atoms with Gasteiger partial charge in [0.25, 0.3) is 0 Å². The largest absolute Gasteiger partial charge is 0.480 e. The molecule has 0 heterocycles. The number of carboxylic acids is 3. The van der Waals surface area contributed by atoms with E-state index in [1.165, 1.54) is 6.92 Å². The minimum absolute atomic E-state index is 0.0129. The van der Waals surface area contributed by atoms with Crippen LogP contribution in [0.2, 0.25) is 0 Å². The molecule has 0 bridgehead atoms. The smallest absolute Gasteiger partial charge is 0.320 e. The molecule has 13 nitrogen and oxygen atoms in total. The van der Waals surface area contributed by atoms with E-state index in [1.807, 2.05) is 0 Å². The van der Waals surface area contributed by atoms with Gasteiger partial charge in [0.1, 0.15) is 18.1 Å². The summed E-state index contributed by atoms with van der Waals surface area (Å²) in [6, 6.07) is -2.29. The third kappa shape index (κ3) is 25.9. The number of hydrogen-bond acceptors (Lipinski definition) is 8. The fourth-order valence-electron chi connectivity index (χ4n) is 1.10. The second-order valence-corrected chi connectivity index (χ2v) is 5.40. The van der Waals surface area contributed by atoms with Crippen LogP contribution in [0.25, 0.3) is 0 Å². The van der Waals surface area contributed by atoms with Gasteiger partial charge in [0.15, 0.2) is 5.96 Å². The highest BCUT2D eigenvalue weighted by Gasteiger charge is 2.09. The zero-order valence-corrected chi connectivity index (χ0v) is 15.5. The predicted octanol–water partition coefficient (Wildman–Crippen LogP) is -2.99. The Morgan fingerprint density at radius 1 is 0.852 bits per heavy atom. The SMILES string of the molecule is CC(N)C(=O)O.NC(N)=NCCCC(N)C(=O)O.NCCCC(N)C(=O)O. The topological polar surface area (TPSA) is 280 Å². The highest BCUT2D eigenvalue weighted by Crippen LogP contribution is 1.94. The van der Waals surface area contributed by atoms with Crippen LogP contribution in [0.15, 0.2) is 4.99 Å². The Bertz CT molecular complexity index is 455. The first-order valence-corrected chi connectivity index (χ1v) is 8.07. The van der Waals surface area contributed by atoms with Crippen LogP contribution in [0.1, 0.15) is 32.6 Å². The summed E-state index contributed by atoms with van der Waals surface area (Å²) in [4.78, 5) is 33.5. The average Bonchev–Trinajstić information content (AvgIpc) is 2.56. The standard InChI is InChI=1S/C6H14N4O2.C5H12N2O2.C3H7NO2/c7-4(5(11)12)2-1-3-10-6(8)9;6-3-1-2-4(7)5(8)9;1-2(4)3(5)6/h4H,1-3,7H2,(H,11,12)(H4,8,9,10);4H,1-3,6-7H2,(H,8,9);2H,4H2,1H3,(H,5,6). The lowest BCUT2D eigenvalue weighted by atomic mass is 10.2. The Kier molecular flexibility index (Phi) is 19.9. The van der Waals surface area contributed by atoms with Crippen LogP contribution in [-0.4, -0.2) is 70.4 Å². The Balaban J connectivity index is -0.000000340. The summed E-state index contributed by atoms with van der Waals surface area (Å²) in [5.74, 6) is -2.91. The second-order valence-electron chi connectivity index (χ2n) is 5.40. The summed E-state index contributed by atoms with van der Waals surface area (Å²) in [5.41, 5.74) is 30.4. The van der Waals surface area contributed by atoms with Gasteiger partial charge >= 0.3 is 17.9 Å². The summed E-state index contributed by atoms with van der Waals surface area (Å²) in [6.07, 6.45) is 2.09. The Hall–Kier alpha value is -2.48. The fourth-order valence-corrected chi connectivity index (χ4v) is 1.10. The number of nitrogens with zero attached hydrogens (tertiary/aromatic N) is 1. The summed E-state index contributed by atoms with van der Waals surface area (Å²) < 4.78 is 0. The molecule has 15 N–H and O–H groups in total. The molecule has 27 heavy (non-hydrogen) atoms. The van der Waals surface area contributed by atoms with E-state index >= 15 is 0 Å². The molecule has 0 saturated carbocycles. The molecule has 0 aromatic rings. The van der Waals surface area contributed by atoms with Crippen molar-refractivity contribution >= 4 is 23.9 Å². The molecule has 0 saturated heterocycles. The Morgan fingerprint density at radius 3 is 1.48 bits per heavy atom. The van der Waals surface area contributed by atoms with E-state index in [9.17, 15) is 14.4 Å². The molecular weight excluding hydrogens is 362 g/mol. The maximum Gasteiger partial charge on any atom is 0.320 e. The minimum Gasteiger partial charge on any atom is -0.480 e. The van der Waals surface area contributed by atoms with Crippen molar-refractivity contribution in [1.82, 2.24) is 0 Å². The van der Waals surface area contributed by atoms with Gasteiger partial charge in [-0.2, -0.15) is 0 Å². The second kappa shape index (κ2) is 18.3. The van der Waals surface area contributed by atoms with Gasteiger partial charge in [-0.05, 0) is 39.2 Å². The minimum atomic E-state index is -1.00.